The summed E-state index contributed by atoms with van der Waals surface area (Å²) in [6.07, 6.45) is 1.48. The summed E-state index contributed by atoms with van der Waals surface area (Å²) < 4.78 is 14.0. The Morgan fingerprint density at radius 3 is 2.57 bits per heavy atom. The van der Waals surface area contributed by atoms with E-state index in [1.165, 1.54) is 12.4 Å². The zero-order valence-corrected chi connectivity index (χ0v) is 17.8. The lowest BCUT2D eigenvalue weighted by atomic mass is 10.1. The number of thioether (sulfide) groups is 1. The molecule has 6 nitrogen and oxygen atoms in total. The quantitative estimate of drug-likeness (QED) is 0.584. The van der Waals surface area contributed by atoms with E-state index in [1.54, 1.807) is 23.9 Å². The summed E-state index contributed by atoms with van der Waals surface area (Å²) in [7, 11) is 0. The molecule has 156 valence electrons. The van der Waals surface area contributed by atoms with Crippen LogP contribution in [0.3, 0.4) is 0 Å². The fourth-order valence-electron chi connectivity index (χ4n) is 3.36. The molecule has 0 atom stereocenters. The van der Waals surface area contributed by atoms with Crippen molar-refractivity contribution < 1.29 is 9.18 Å². The van der Waals surface area contributed by atoms with Crippen LogP contribution >= 0.6 is 23.4 Å². The van der Waals surface area contributed by atoms with Crippen molar-refractivity contribution in [1.29, 1.82) is 0 Å². The predicted molar refractivity (Wildman–Crippen MR) is 115 cm³/mol. The first-order chi connectivity index (χ1) is 14.6. The molecule has 3 aromatic rings. The molecule has 0 saturated carbocycles. The number of hydrogen-bond acceptors (Lipinski definition) is 5. The van der Waals surface area contributed by atoms with Gasteiger partial charge in [-0.05, 0) is 29.8 Å². The summed E-state index contributed by atoms with van der Waals surface area (Å²) >= 11 is 7.69. The first-order valence-electron chi connectivity index (χ1n) is 9.62. The second-order valence-corrected chi connectivity index (χ2v) is 8.42. The highest BCUT2D eigenvalue weighted by Crippen LogP contribution is 2.22. The number of carbonyl (C=O) groups excluding carboxylic acids is 1. The maximum absolute atomic E-state index is 14.0. The average molecular weight is 446 g/mol. The maximum Gasteiger partial charge on any atom is 0.253 e. The van der Waals surface area contributed by atoms with Crippen LogP contribution in [0.2, 0.25) is 5.02 Å². The van der Waals surface area contributed by atoms with E-state index in [4.69, 9.17) is 11.6 Å². The Bertz CT molecular complexity index is 971. The van der Waals surface area contributed by atoms with Gasteiger partial charge in [0.1, 0.15) is 12.1 Å². The Morgan fingerprint density at radius 1 is 1.13 bits per heavy atom. The van der Waals surface area contributed by atoms with Crippen molar-refractivity contribution in [3.8, 4) is 0 Å². The second kappa shape index (κ2) is 9.59. The summed E-state index contributed by atoms with van der Waals surface area (Å²) in [5.74, 6) is 0.483. The van der Waals surface area contributed by atoms with Crippen molar-refractivity contribution in [1.82, 2.24) is 25.0 Å². The molecule has 1 aromatic heterocycles. The van der Waals surface area contributed by atoms with E-state index in [0.717, 1.165) is 16.5 Å². The molecule has 1 saturated heterocycles. The van der Waals surface area contributed by atoms with Gasteiger partial charge in [-0.3, -0.25) is 14.8 Å². The third-order valence-electron chi connectivity index (χ3n) is 5.07. The smallest absolute Gasteiger partial charge is 0.253 e. The van der Waals surface area contributed by atoms with Gasteiger partial charge in [0.25, 0.3) is 5.91 Å². The monoisotopic (exact) mass is 445 g/mol. The number of rotatable bonds is 6. The fourth-order valence-corrected chi connectivity index (χ4v) is 4.32. The molecule has 30 heavy (non-hydrogen) atoms. The molecule has 2 aromatic carbocycles. The predicted octanol–water partition coefficient (Wildman–Crippen LogP) is 3.85. The number of aromatic amines is 1. The summed E-state index contributed by atoms with van der Waals surface area (Å²) in [5.41, 5.74) is 2.30. The number of hydrogen-bond donors (Lipinski definition) is 1. The van der Waals surface area contributed by atoms with Crippen molar-refractivity contribution in [3.05, 3.63) is 76.3 Å². The minimum Gasteiger partial charge on any atom is -0.336 e. The fraction of sp³-hybridized carbons (Fsp3) is 0.286. The van der Waals surface area contributed by atoms with Crippen LogP contribution in [0.1, 0.15) is 21.5 Å². The van der Waals surface area contributed by atoms with E-state index in [0.29, 0.717) is 48.9 Å². The lowest BCUT2D eigenvalue weighted by Crippen LogP contribution is -2.48. The average Bonchev–Trinajstić information content (AvgIpc) is 3.29. The number of nitrogens with one attached hydrogen (secondary N) is 1. The Kier molecular flexibility index (Phi) is 6.66. The summed E-state index contributed by atoms with van der Waals surface area (Å²) in [5, 5.41) is 7.85. The largest absolute Gasteiger partial charge is 0.336 e. The molecule has 0 radical (unpaired) electrons. The minimum atomic E-state index is -0.289. The standard InChI is InChI=1S/C21H21ClFN5OS/c22-18-2-1-3-19(23)17(18)12-27-8-10-28(11-9-27)20(29)16-6-4-15(5-7-16)13-30-21-24-14-25-26-21/h1-7,14H,8-13H2,(H,24,25,26). The molecule has 1 aliphatic heterocycles. The van der Waals surface area contributed by atoms with Crippen LogP contribution in [-0.4, -0.2) is 57.1 Å². The maximum atomic E-state index is 14.0. The molecule has 1 fully saturated rings. The molecular weight excluding hydrogens is 425 g/mol. The van der Waals surface area contributed by atoms with E-state index >= 15 is 0 Å². The van der Waals surface area contributed by atoms with Crippen molar-refractivity contribution in [2.45, 2.75) is 17.5 Å². The molecule has 1 N–H and O–H groups in total. The van der Waals surface area contributed by atoms with Crippen molar-refractivity contribution in [2.75, 3.05) is 26.2 Å². The highest BCUT2D eigenvalue weighted by atomic mass is 35.5. The second-order valence-electron chi connectivity index (χ2n) is 7.04. The first kappa shape index (κ1) is 20.8. The normalized spacial score (nSPS) is 14.8. The number of piperazine rings is 1. The number of benzene rings is 2. The van der Waals surface area contributed by atoms with Crippen molar-refractivity contribution in [3.63, 3.8) is 0 Å². The lowest BCUT2D eigenvalue weighted by molar-refractivity contribution is 0.0627. The molecule has 0 aliphatic carbocycles. The van der Waals surface area contributed by atoms with Crippen molar-refractivity contribution in [2.24, 2.45) is 0 Å². The van der Waals surface area contributed by atoms with Gasteiger partial charge in [0.05, 0.1) is 0 Å². The molecule has 0 unspecified atom stereocenters. The van der Waals surface area contributed by atoms with E-state index < -0.39 is 0 Å². The third-order valence-corrected chi connectivity index (χ3v) is 6.37. The third kappa shape index (κ3) is 5.00. The van der Waals surface area contributed by atoms with Crippen LogP contribution in [0.4, 0.5) is 4.39 Å². The van der Waals surface area contributed by atoms with Gasteiger partial charge in [0.15, 0.2) is 5.16 Å². The van der Waals surface area contributed by atoms with Crippen molar-refractivity contribution >= 4 is 29.3 Å². The van der Waals surface area contributed by atoms with Crippen LogP contribution in [-0.2, 0) is 12.3 Å². The molecule has 1 aliphatic rings. The molecular formula is C21H21ClFN5OS. The molecule has 0 spiro atoms. The van der Waals surface area contributed by atoms with Crippen LogP contribution in [0.5, 0.6) is 0 Å². The minimum absolute atomic E-state index is 0.0213. The van der Waals surface area contributed by atoms with Crippen LogP contribution < -0.4 is 0 Å². The number of carbonyl (C=O) groups is 1. The Balaban J connectivity index is 1.29. The topological polar surface area (TPSA) is 65.1 Å². The van der Waals surface area contributed by atoms with E-state index in [-0.39, 0.29) is 11.7 Å². The van der Waals surface area contributed by atoms with Gasteiger partial charge in [-0.15, -0.1) is 0 Å². The molecule has 4 rings (SSSR count). The first-order valence-corrected chi connectivity index (χ1v) is 11.0. The van der Waals surface area contributed by atoms with Crippen LogP contribution in [0.25, 0.3) is 0 Å². The Labute approximate surface area is 183 Å². The van der Waals surface area contributed by atoms with Gasteiger partial charge in [-0.25, -0.2) is 9.37 Å². The highest BCUT2D eigenvalue weighted by Gasteiger charge is 2.23. The SMILES string of the molecule is O=C(c1ccc(CSc2ncn[nH]2)cc1)N1CCN(Cc2c(F)cccc2Cl)CC1. The van der Waals surface area contributed by atoms with Gasteiger partial charge in [0, 0.05) is 54.6 Å². The van der Waals surface area contributed by atoms with E-state index in [9.17, 15) is 9.18 Å². The number of amides is 1. The number of nitrogens with zero attached hydrogens (tertiary/aromatic N) is 4. The van der Waals surface area contributed by atoms with Gasteiger partial charge in [-0.1, -0.05) is 41.6 Å². The number of aromatic nitrogens is 3. The molecule has 1 amide bonds. The zero-order valence-electron chi connectivity index (χ0n) is 16.2. The lowest BCUT2D eigenvalue weighted by Gasteiger charge is -2.35. The highest BCUT2D eigenvalue weighted by molar-refractivity contribution is 7.98. The summed E-state index contributed by atoms with van der Waals surface area (Å²) in [4.78, 5) is 20.9. The zero-order chi connectivity index (χ0) is 20.9. The van der Waals surface area contributed by atoms with Gasteiger partial charge < -0.3 is 4.90 Å². The number of halogens is 2. The molecule has 2 heterocycles. The molecule has 9 heteroatoms. The summed E-state index contributed by atoms with van der Waals surface area (Å²) in [6.45, 7) is 3.03. The Morgan fingerprint density at radius 2 is 1.90 bits per heavy atom. The molecule has 0 bridgehead atoms. The van der Waals surface area contributed by atoms with E-state index in [2.05, 4.69) is 20.1 Å². The van der Waals surface area contributed by atoms with E-state index in [1.807, 2.05) is 29.2 Å². The summed E-state index contributed by atoms with van der Waals surface area (Å²) in [6, 6.07) is 12.4. The van der Waals surface area contributed by atoms with Gasteiger partial charge in [-0.2, -0.15) is 5.10 Å². The Hall–Kier alpha value is -2.42. The van der Waals surface area contributed by atoms with Gasteiger partial charge in [0.2, 0.25) is 0 Å². The number of H-pyrrole nitrogens is 1. The van der Waals surface area contributed by atoms with Gasteiger partial charge >= 0.3 is 0 Å². The van der Waals surface area contributed by atoms with Crippen LogP contribution in [0, 0.1) is 5.82 Å². The van der Waals surface area contributed by atoms with Crippen LogP contribution in [0.15, 0.2) is 53.9 Å².